The number of anilines is 1. The predicted octanol–water partition coefficient (Wildman–Crippen LogP) is 4.74. The van der Waals surface area contributed by atoms with Crippen molar-refractivity contribution in [1.29, 1.82) is 0 Å². The van der Waals surface area contributed by atoms with Crippen molar-refractivity contribution in [1.82, 2.24) is 4.98 Å². The molecule has 0 fully saturated rings. The molecule has 0 aliphatic heterocycles. The molecule has 0 N–H and O–H groups in total. The Labute approximate surface area is 165 Å². The third kappa shape index (κ3) is 5.36. The molecule has 142 valence electrons. The van der Waals surface area contributed by atoms with E-state index >= 15 is 0 Å². The SMILES string of the molecule is Cc1ccnc(N(CCC(=O)c2ccccc2)CCC(=O)c2ccccc2)c1. The molecule has 0 amide bonds. The number of aromatic nitrogens is 1. The van der Waals surface area contributed by atoms with Crippen LogP contribution >= 0.6 is 0 Å². The average Bonchev–Trinajstić information content (AvgIpc) is 2.74. The lowest BCUT2D eigenvalue weighted by atomic mass is 10.1. The minimum atomic E-state index is 0.0904. The summed E-state index contributed by atoms with van der Waals surface area (Å²) in [6, 6.07) is 22.5. The Morgan fingerprint density at radius 2 is 1.29 bits per heavy atom. The summed E-state index contributed by atoms with van der Waals surface area (Å²) in [5.74, 6) is 0.974. The van der Waals surface area contributed by atoms with E-state index in [0.717, 1.165) is 11.4 Å². The monoisotopic (exact) mass is 372 g/mol. The Morgan fingerprint density at radius 3 is 1.75 bits per heavy atom. The van der Waals surface area contributed by atoms with Crippen LogP contribution in [0.2, 0.25) is 0 Å². The lowest BCUT2D eigenvalue weighted by molar-refractivity contribution is 0.0983. The van der Waals surface area contributed by atoms with E-state index in [1.807, 2.05) is 84.6 Å². The van der Waals surface area contributed by atoms with Crippen molar-refractivity contribution in [2.75, 3.05) is 18.0 Å². The number of pyridine rings is 1. The largest absolute Gasteiger partial charge is 0.356 e. The Balaban J connectivity index is 1.68. The fraction of sp³-hybridized carbons (Fsp3) is 0.208. The maximum absolute atomic E-state index is 12.5. The van der Waals surface area contributed by atoms with Crippen LogP contribution in [0.5, 0.6) is 0 Å². The number of aryl methyl sites for hydroxylation is 1. The first-order chi connectivity index (χ1) is 13.6. The molecule has 4 heteroatoms. The molecule has 0 saturated carbocycles. The standard InChI is InChI=1S/C24H24N2O2/c1-19-12-15-25-24(18-19)26(16-13-22(27)20-8-4-2-5-9-20)17-14-23(28)21-10-6-3-7-11-21/h2-12,15,18H,13-14,16-17H2,1H3. The van der Waals surface area contributed by atoms with Gasteiger partial charge < -0.3 is 4.90 Å². The number of carbonyl (C=O) groups excluding carboxylic acids is 2. The molecular formula is C24H24N2O2. The molecule has 1 aromatic heterocycles. The molecule has 0 bridgehead atoms. The molecule has 28 heavy (non-hydrogen) atoms. The van der Waals surface area contributed by atoms with Gasteiger partial charge in [0, 0.05) is 43.3 Å². The van der Waals surface area contributed by atoms with Gasteiger partial charge in [0.05, 0.1) is 0 Å². The van der Waals surface area contributed by atoms with Gasteiger partial charge in [-0.05, 0) is 24.6 Å². The summed E-state index contributed by atoms with van der Waals surface area (Å²) in [5.41, 5.74) is 2.51. The van der Waals surface area contributed by atoms with Gasteiger partial charge in [0.25, 0.3) is 0 Å². The van der Waals surface area contributed by atoms with E-state index in [9.17, 15) is 9.59 Å². The number of carbonyl (C=O) groups is 2. The summed E-state index contributed by atoms with van der Waals surface area (Å²) in [6.07, 6.45) is 2.51. The van der Waals surface area contributed by atoms with Crippen molar-refractivity contribution in [3.8, 4) is 0 Å². The number of nitrogens with zero attached hydrogens (tertiary/aromatic N) is 2. The summed E-state index contributed by atoms with van der Waals surface area (Å²) in [4.78, 5) is 31.5. The van der Waals surface area contributed by atoms with Crippen LogP contribution in [0.1, 0.15) is 39.1 Å². The van der Waals surface area contributed by atoms with Crippen molar-refractivity contribution in [3.05, 3.63) is 95.7 Å². The van der Waals surface area contributed by atoms with E-state index in [-0.39, 0.29) is 11.6 Å². The first kappa shape index (κ1) is 19.5. The fourth-order valence-corrected chi connectivity index (χ4v) is 3.04. The minimum Gasteiger partial charge on any atom is -0.356 e. The first-order valence-electron chi connectivity index (χ1n) is 9.47. The van der Waals surface area contributed by atoms with Gasteiger partial charge in [0.1, 0.15) is 5.82 Å². The van der Waals surface area contributed by atoms with E-state index in [2.05, 4.69) is 4.98 Å². The molecule has 0 radical (unpaired) electrons. The summed E-state index contributed by atoms with van der Waals surface area (Å²) in [6.45, 7) is 3.05. The van der Waals surface area contributed by atoms with E-state index in [1.165, 1.54) is 0 Å². The third-order valence-corrected chi connectivity index (χ3v) is 4.63. The number of ketones is 2. The fourth-order valence-electron chi connectivity index (χ4n) is 3.04. The lowest BCUT2D eigenvalue weighted by Crippen LogP contribution is -2.29. The van der Waals surface area contributed by atoms with Crippen LogP contribution < -0.4 is 4.90 Å². The number of benzene rings is 2. The van der Waals surface area contributed by atoms with Crippen LogP contribution in [0.3, 0.4) is 0 Å². The molecule has 3 rings (SSSR count). The van der Waals surface area contributed by atoms with Crippen molar-refractivity contribution >= 4 is 17.4 Å². The number of hydrogen-bond donors (Lipinski definition) is 0. The van der Waals surface area contributed by atoms with Gasteiger partial charge in [0.2, 0.25) is 0 Å². The molecule has 0 unspecified atom stereocenters. The molecule has 0 atom stereocenters. The molecule has 1 heterocycles. The Hall–Kier alpha value is -3.27. The number of Topliss-reactive ketones (excluding diaryl/α,β-unsaturated/α-hetero) is 2. The summed E-state index contributed by atoms with van der Waals surface area (Å²) in [5, 5.41) is 0. The molecule has 0 aliphatic rings. The van der Waals surface area contributed by atoms with Gasteiger partial charge >= 0.3 is 0 Å². The molecule has 0 spiro atoms. The van der Waals surface area contributed by atoms with Crippen molar-refractivity contribution < 1.29 is 9.59 Å². The van der Waals surface area contributed by atoms with Crippen LogP contribution in [0, 0.1) is 6.92 Å². The van der Waals surface area contributed by atoms with Gasteiger partial charge in [-0.1, -0.05) is 60.7 Å². The Morgan fingerprint density at radius 1 is 0.786 bits per heavy atom. The normalized spacial score (nSPS) is 10.5. The minimum absolute atomic E-state index is 0.0904. The van der Waals surface area contributed by atoms with Crippen molar-refractivity contribution in [2.24, 2.45) is 0 Å². The molecule has 2 aromatic carbocycles. The number of rotatable bonds is 9. The van der Waals surface area contributed by atoms with Gasteiger partial charge in [-0.15, -0.1) is 0 Å². The van der Waals surface area contributed by atoms with Crippen LogP contribution in [0.4, 0.5) is 5.82 Å². The summed E-state index contributed by atoms with van der Waals surface area (Å²) < 4.78 is 0. The summed E-state index contributed by atoms with van der Waals surface area (Å²) in [7, 11) is 0. The second kappa shape index (κ2) is 9.60. The van der Waals surface area contributed by atoms with E-state index < -0.39 is 0 Å². The highest BCUT2D eigenvalue weighted by Gasteiger charge is 2.14. The van der Waals surface area contributed by atoms with Gasteiger partial charge in [0.15, 0.2) is 11.6 Å². The van der Waals surface area contributed by atoms with Gasteiger partial charge in [-0.25, -0.2) is 4.98 Å². The first-order valence-corrected chi connectivity index (χ1v) is 9.47. The maximum atomic E-state index is 12.5. The summed E-state index contributed by atoms with van der Waals surface area (Å²) >= 11 is 0. The molecule has 0 saturated heterocycles. The van der Waals surface area contributed by atoms with Gasteiger partial charge in [-0.2, -0.15) is 0 Å². The highest BCUT2D eigenvalue weighted by Crippen LogP contribution is 2.15. The van der Waals surface area contributed by atoms with Crippen LogP contribution in [0.25, 0.3) is 0 Å². The number of hydrogen-bond acceptors (Lipinski definition) is 4. The molecule has 3 aromatic rings. The average molecular weight is 372 g/mol. The highest BCUT2D eigenvalue weighted by molar-refractivity contribution is 5.97. The van der Waals surface area contributed by atoms with Crippen LogP contribution in [0.15, 0.2) is 79.0 Å². The molecule has 4 nitrogen and oxygen atoms in total. The predicted molar refractivity (Wildman–Crippen MR) is 112 cm³/mol. The highest BCUT2D eigenvalue weighted by atomic mass is 16.1. The Bertz CT molecular complexity index is 868. The van der Waals surface area contributed by atoms with Crippen molar-refractivity contribution in [3.63, 3.8) is 0 Å². The van der Waals surface area contributed by atoms with Crippen molar-refractivity contribution in [2.45, 2.75) is 19.8 Å². The van der Waals surface area contributed by atoms with Gasteiger partial charge in [-0.3, -0.25) is 9.59 Å². The van der Waals surface area contributed by atoms with E-state index in [0.29, 0.717) is 37.1 Å². The zero-order valence-corrected chi connectivity index (χ0v) is 16.0. The third-order valence-electron chi connectivity index (χ3n) is 4.63. The second-order valence-corrected chi connectivity index (χ2v) is 6.76. The lowest BCUT2D eigenvalue weighted by Gasteiger charge is -2.23. The zero-order valence-electron chi connectivity index (χ0n) is 16.0. The quantitative estimate of drug-likeness (QED) is 0.509. The van der Waals surface area contributed by atoms with E-state index in [4.69, 9.17) is 0 Å². The Kier molecular flexibility index (Phi) is 6.68. The van der Waals surface area contributed by atoms with E-state index in [1.54, 1.807) is 6.20 Å². The topological polar surface area (TPSA) is 50.3 Å². The molecular weight excluding hydrogens is 348 g/mol. The smallest absolute Gasteiger partial charge is 0.164 e. The van der Waals surface area contributed by atoms with Crippen LogP contribution in [-0.2, 0) is 0 Å². The zero-order chi connectivity index (χ0) is 19.8. The second-order valence-electron chi connectivity index (χ2n) is 6.76. The van der Waals surface area contributed by atoms with Crippen LogP contribution in [-0.4, -0.2) is 29.6 Å². The molecule has 0 aliphatic carbocycles. The maximum Gasteiger partial charge on any atom is 0.164 e.